The molecule has 3 N–H and O–H groups in total. The molecule has 0 aliphatic rings. The van der Waals surface area contributed by atoms with E-state index >= 15 is 0 Å². The molecule has 5 heteroatoms. The van der Waals surface area contributed by atoms with Crippen molar-refractivity contribution in [2.75, 3.05) is 5.73 Å². The van der Waals surface area contributed by atoms with Gasteiger partial charge in [-0.1, -0.05) is 35.9 Å². The van der Waals surface area contributed by atoms with Gasteiger partial charge < -0.3 is 15.6 Å². The average Bonchev–Trinajstić information content (AvgIpc) is 2.39. The topological polar surface area (TPSA) is 72.5 Å². The van der Waals surface area contributed by atoms with Crippen LogP contribution in [0.25, 0.3) is 0 Å². The maximum absolute atomic E-state index is 10.9. The molecule has 0 aliphatic heterocycles. The lowest BCUT2D eigenvalue weighted by Gasteiger charge is -2.11. The quantitative estimate of drug-likeness (QED) is 0.842. The largest absolute Gasteiger partial charge is 0.487 e. The molecule has 0 aliphatic carbocycles. The Balaban J connectivity index is 2.19. The lowest BCUT2D eigenvalue weighted by atomic mass is 10.1. The maximum atomic E-state index is 10.9. The lowest BCUT2D eigenvalue weighted by Crippen LogP contribution is -2.05. The highest BCUT2D eigenvalue weighted by atomic mass is 35.5. The van der Waals surface area contributed by atoms with Crippen LogP contribution in [-0.2, 0) is 6.61 Å². The number of carboxylic acid groups (broad SMARTS) is 1. The summed E-state index contributed by atoms with van der Waals surface area (Å²) in [5, 5.41) is 9.56. The smallest absolute Gasteiger partial charge is 0.337 e. The lowest BCUT2D eigenvalue weighted by molar-refractivity contribution is 0.0697. The number of aromatic carboxylic acids is 1. The molecule has 0 bridgehead atoms. The average molecular weight is 278 g/mol. The molecule has 0 heterocycles. The molecule has 0 spiro atoms. The highest BCUT2D eigenvalue weighted by Gasteiger charge is 2.12. The van der Waals surface area contributed by atoms with E-state index in [2.05, 4.69) is 0 Å². The molecule has 19 heavy (non-hydrogen) atoms. The first-order chi connectivity index (χ1) is 9.09. The minimum atomic E-state index is -1.08. The van der Waals surface area contributed by atoms with Crippen molar-refractivity contribution in [1.29, 1.82) is 0 Å². The minimum Gasteiger partial charge on any atom is -0.487 e. The second kappa shape index (κ2) is 5.63. The van der Waals surface area contributed by atoms with E-state index in [-0.39, 0.29) is 17.9 Å². The number of hydrogen-bond acceptors (Lipinski definition) is 3. The van der Waals surface area contributed by atoms with Gasteiger partial charge in [0.1, 0.15) is 12.4 Å². The van der Waals surface area contributed by atoms with E-state index in [0.29, 0.717) is 10.8 Å². The van der Waals surface area contributed by atoms with Crippen LogP contribution in [0.15, 0.2) is 42.5 Å². The first kappa shape index (κ1) is 13.2. The summed E-state index contributed by atoms with van der Waals surface area (Å²) in [6.45, 7) is 0.229. The van der Waals surface area contributed by atoms with Crippen molar-refractivity contribution >= 4 is 23.3 Å². The van der Waals surface area contributed by atoms with Gasteiger partial charge in [-0.15, -0.1) is 0 Å². The number of ether oxygens (including phenoxy) is 1. The highest BCUT2D eigenvalue weighted by Crippen LogP contribution is 2.27. The number of halogens is 1. The Morgan fingerprint density at radius 2 is 1.95 bits per heavy atom. The first-order valence-electron chi connectivity index (χ1n) is 5.57. The number of nitrogen functional groups attached to an aromatic ring is 1. The fraction of sp³-hybridized carbons (Fsp3) is 0.0714. The van der Waals surface area contributed by atoms with Gasteiger partial charge in [-0.2, -0.15) is 0 Å². The molecule has 4 nitrogen and oxygen atoms in total. The molecule has 2 rings (SSSR count). The summed E-state index contributed by atoms with van der Waals surface area (Å²) in [7, 11) is 0. The molecule has 0 saturated heterocycles. The van der Waals surface area contributed by atoms with Crippen molar-refractivity contribution < 1.29 is 14.6 Å². The number of nitrogens with two attached hydrogens (primary N) is 1. The number of rotatable bonds is 4. The third kappa shape index (κ3) is 2.98. The predicted molar refractivity (Wildman–Crippen MR) is 73.6 cm³/mol. The predicted octanol–water partition coefficient (Wildman–Crippen LogP) is 3.20. The molecule has 0 radical (unpaired) electrons. The SMILES string of the molecule is Nc1c(OCc2ccccc2Cl)cccc1C(=O)O. The Morgan fingerprint density at radius 3 is 2.63 bits per heavy atom. The summed E-state index contributed by atoms with van der Waals surface area (Å²) >= 11 is 6.01. The molecule has 2 aromatic carbocycles. The Labute approximate surface area is 115 Å². The van der Waals surface area contributed by atoms with Gasteiger partial charge in [-0.3, -0.25) is 0 Å². The van der Waals surface area contributed by atoms with Gasteiger partial charge >= 0.3 is 5.97 Å². The van der Waals surface area contributed by atoms with E-state index in [1.807, 2.05) is 18.2 Å². The Morgan fingerprint density at radius 1 is 1.21 bits per heavy atom. The monoisotopic (exact) mass is 277 g/mol. The zero-order valence-electron chi connectivity index (χ0n) is 9.97. The van der Waals surface area contributed by atoms with Crippen LogP contribution in [0.3, 0.4) is 0 Å². The normalized spacial score (nSPS) is 10.2. The fourth-order valence-electron chi connectivity index (χ4n) is 1.63. The third-order valence-electron chi connectivity index (χ3n) is 2.64. The van der Waals surface area contributed by atoms with E-state index < -0.39 is 5.97 Å². The summed E-state index contributed by atoms with van der Waals surface area (Å²) < 4.78 is 5.52. The van der Waals surface area contributed by atoms with Crippen LogP contribution >= 0.6 is 11.6 Å². The van der Waals surface area contributed by atoms with Gasteiger partial charge in [0, 0.05) is 10.6 Å². The minimum absolute atomic E-state index is 0.0247. The van der Waals surface area contributed by atoms with Crippen LogP contribution in [0.1, 0.15) is 15.9 Å². The van der Waals surface area contributed by atoms with Crippen LogP contribution in [-0.4, -0.2) is 11.1 Å². The fourth-order valence-corrected chi connectivity index (χ4v) is 1.82. The van der Waals surface area contributed by atoms with Crippen LogP contribution in [0, 0.1) is 0 Å². The standard InChI is InChI=1S/C14H12ClNO3/c15-11-6-2-1-4-9(11)8-19-12-7-3-5-10(13(12)16)14(17)18/h1-7H,8,16H2,(H,17,18). The zero-order valence-corrected chi connectivity index (χ0v) is 10.7. The van der Waals surface area contributed by atoms with E-state index in [1.54, 1.807) is 18.2 Å². The Bertz CT molecular complexity index is 613. The van der Waals surface area contributed by atoms with Gasteiger partial charge in [0.15, 0.2) is 0 Å². The van der Waals surface area contributed by atoms with Crippen molar-refractivity contribution in [3.8, 4) is 5.75 Å². The van der Waals surface area contributed by atoms with Crippen LogP contribution in [0.5, 0.6) is 5.75 Å². The second-order valence-electron chi connectivity index (χ2n) is 3.90. The summed E-state index contributed by atoms with van der Waals surface area (Å²) in [5.41, 5.74) is 6.69. The molecule has 0 saturated carbocycles. The molecule has 98 valence electrons. The molecule has 0 atom stereocenters. The van der Waals surface area contributed by atoms with Gasteiger partial charge in [-0.05, 0) is 18.2 Å². The second-order valence-corrected chi connectivity index (χ2v) is 4.31. The van der Waals surface area contributed by atoms with Gasteiger partial charge in [0.25, 0.3) is 0 Å². The summed E-state index contributed by atoms with van der Waals surface area (Å²) in [6, 6.07) is 11.9. The van der Waals surface area contributed by atoms with Crippen LogP contribution in [0.2, 0.25) is 5.02 Å². The molecular formula is C14H12ClNO3. The van der Waals surface area contributed by atoms with Gasteiger partial charge in [-0.25, -0.2) is 4.79 Å². The Kier molecular flexibility index (Phi) is 3.92. The van der Waals surface area contributed by atoms with E-state index in [9.17, 15) is 4.79 Å². The van der Waals surface area contributed by atoms with E-state index in [4.69, 9.17) is 27.2 Å². The zero-order chi connectivity index (χ0) is 13.8. The van der Waals surface area contributed by atoms with Crippen molar-refractivity contribution in [3.63, 3.8) is 0 Å². The number of carbonyl (C=O) groups is 1. The Hall–Kier alpha value is -2.20. The number of para-hydroxylation sites is 1. The molecule has 0 fully saturated rings. The van der Waals surface area contributed by atoms with Crippen LogP contribution in [0.4, 0.5) is 5.69 Å². The summed E-state index contributed by atoms with van der Waals surface area (Å²) in [4.78, 5) is 10.9. The van der Waals surface area contributed by atoms with Crippen molar-refractivity contribution in [2.24, 2.45) is 0 Å². The molecule has 2 aromatic rings. The van der Waals surface area contributed by atoms with Crippen LogP contribution < -0.4 is 10.5 Å². The van der Waals surface area contributed by atoms with Crippen molar-refractivity contribution in [3.05, 3.63) is 58.6 Å². The highest BCUT2D eigenvalue weighted by molar-refractivity contribution is 6.31. The van der Waals surface area contributed by atoms with Crippen molar-refractivity contribution in [1.82, 2.24) is 0 Å². The first-order valence-corrected chi connectivity index (χ1v) is 5.95. The summed E-state index contributed by atoms with van der Waals surface area (Å²) in [6.07, 6.45) is 0. The third-order valence-corrected chi connectivity index (χ3v) is 3.01. The maximum Gasteiger partial charge on any atom is 0.337 e. The van der Waals surface area contributed by atoms with Gasteiger partial charge in [0.2, 0.25) is 0 Å². The molecule has 0 amide bonds. The molecular weight excluding hydrogens is 266 g/mol. The van der Waals surface area contributed by atoms with E-state index in [0.717, 1.165) is 5.56 Å². The number of carboxylic acids is 1. The molecule has 0 aromatic heterocycles. The molecule has 0 unspecified atom stereocenters. The number of anilines is 1. The summed E-state index contributed by atoms with van der Waals surface area (Å²) in [5.74, 6) is -0.750. The van der Waals surface area contributed by atoms with E-state index in [1.165, 1.54) is 6.07 Å². The van der Waals surface area contributed by atoms with Crippen molar-refractivity contribution in [2.45, 2.75) is 6.61 Å². The number of hydrogen-bond donors (Lipinski definition) is 2. The van der Waals surface area contributed by atoms with Gasteiger partial charge in [0.05, 0.1) is 11.3 Å². The number of benzene rings is 2.